The van der Waals surface area contributed by atoms with Crippen molar-refractivity contribution in [3.8, 4) is 5.75 Å². The molecule has 0 spiro atoms. The Bertz CT molecular complexity index is 763. The molecule has 0 radical (unpaired) electrons. The number of pyridine rings is 1. The molecule has 0 saturated heterocycles. The number of aromatic nitrogens is 1. The Morgan fingerprint density at radius 1 is 1.08 bits per heavy atom. The van der Waals surface area contributed by atoms with Gasteiger partial charge in [-0.2, -0.15) is 0 Å². The summed E-state index contributed by atoms with van der Waals surface area (Å²) in [5.41, 5.74) is 3.70. The third-order valence-electron chi connectivity index (χ3n) is 3.41. The first kappa shape index (κ1) is 17.7. The van der Waals surface area contributed by atoms with E-state index in [2.05, 4.69) is 4.98 Å². The molecule has 1 N–H and O–H groups in total. The number of hydrogen-bond acceptors (Lipinski definition) is 4. The summed E-state index contributed by atoms with van der Waals surface area (Å²) < 4.78 is 5.36. The highest BCUT2D eigenvalue weighted by molar-refractivity contribution is 5.90. The molecule has 1 heterocycles. The summed E-state index contributed by atoms with van der Waals surface area (Å²) in [4.78, 5) is 16.2. The summed E-state index contributed by atoms with van der Waals surface area (Å²) in [6.07, 6.45) is 7.05. The average Bonchev–Trinajstić information content (AvgIpc) is 2.44. The molecule has 0 bridgehead atoms. The molecule has 0 fully saturated rings. The number of carbonyl (C=O) groups is 1. The van der Waals surface area contributed by atoms with Gasteiger partial charge in [0.15, 0.2) is 0 Å². The van der Waals surface area contributed by atoms with Crippen LogP contribution in [0.4, 0.5) is 0 Å². The molecule has 2 aromatic rings. The SMILES string of the molecule is Cc1cc(O)cc(C)c1/C=C/c1cncc(C(=O)OC(C)(C)C)c1. The summed E-state index contributed by atoms with van der Waals surface area (Å²) in [5.74, 6) is -0.127. The number of rotatable bonds is 3. The molecule has 1 aromatic carbocycles. The van der Waals surface area contributed by atoms with Gasteiger partial charge in [-0.25, -0.2) is 4.79 Å². The molecule has 24 heavy (non-hydrogen) atoms. The molecule has 0 unspecified atom stereocenters. The number of hydrogen-bond donors (Lipinski definition) is 1. The molecule has 0 amide bonds. The van der Waals surface area contributed by atoms with Crippen molar-refractivity contribution in [1.82, 2.24) is 4.98 Å². The number of benzene rings is 1. The second-order valence-electron chi connectivity index (χ2n) is 6.84. The van der Waals surface area contributed by atoms with Crippen LogP contribution in [-0.4, -0.2) is 21.7 Å². The Balaban J connectivity index is 2.26. The quantitative estimate of drug-likeness (QED) is 0.842. The van der Waals surface area contributed by atoms with Crippen LogP contribution < -0.4 is 0 Å². The lowest BCUT2D eigenvalue weighted by Crippen LogP contribution is -2.24. The fraction of sp³-hybridized carbons (Fsp3) is 0.300. The molecule has 0 aliphatic rings. The highest BCUT2D eigenvalue weighted by atomic mass is 16.6. The zero-order valence-electron chi connectivity index (χ0n) is 14.8. The number of carbonyl (C=O) groups excluding carboxylic acids is 1. The van der Waals surface area contributed by atoms with E-state index in [4.69, 9.17) is 4.74 Å². The summed E-state index contributed by atoms with van der Waals surface area (Å²) in [6.45, 7) is 9.39. The Labute approximate surface area is 142 Å². The topological polar surface area (TPSA) is 59.4 Å². The summed E-state index contributed by atoms with van der Waals surface area (Å²) in [5, 5.41) is 9.61. The molecule has 0 aliphatic carbocycles. The molecule has 4 heteroatoms. The van der Waals surface area contributed by atoms with Crippen LogP contribution in [0.1, 0.15) is 53.4 Å². The normalized spacial score (nSPS) is 11.7. The smallest absolute Gasteiger partial charge is 0.340 e. The van der Waals surface area contributed by atoms with Crippen molar-refractivity contribution in [2.45, 2.75) is 40.2 Å². The average molecular weight is 325 g/mol. The minimum absolute atomic E-state index is 0.260. The second-order valence-corrected chi connectivity index (χ2v) is 6.84. The molecule has 2 rings (SSSR count). The van der Waals surface area contributed by atoms with Gasteiger partial charge in [-0.3, -0.25) is 4.98 Å². The van der Waals surface area contributed by atoms with E-state index in [1.807, 2.05) is 46.8 Å². The molecular weight excluding hydrogens is 302 g/mol. The number of esters is 1. The highest BCUT2D eigenvalue weighted by Gasteiger charge is 2.18. The lowest BCUT2D eigenvalue weighted by atomic mass is 10.0. The van der Waals surface area contributed by atoms with E-state index in [1.165, 1.54) is 6.20 Å². The Kier molecular flexibility index (Phi) is 5.07. The Morgan fingerprint density at radius 3 is 2.29 bits per heavy atom. The van der Waals surface area contributed by atoms with Gasteiger partial charge >= 0.3 is 5.97 Å². The van der Waals surface area contributed by atoms with Gasteiger partial charge in [-0.15, -0.1) is 0 Å². The summed E-state index contributed by atoms with van der Waals surface area (Å²) >= 11 is 0. The molecular formula is C20H23NO3. The van der Waals surface area contributed by atoms with Crippen molar-refractivity contribution in [2.75, 3.05) is 0 Å². The third kappa shape index (κ3) is 4.69. The van der Waals surface area contributed by atoms with Gasteiger partial charge < -0.3 is 9.84 Å². The lowest BCUT2D eigenvalue weighted by Gasteiger charge is -2.19. The van der Waals surface area contributed by atoms with E-state index < -0.39 is 5.60 Å². The molecule has 0 aliphatic heterocycles. The number of aromatic hydroxyl groups is 1. The highest BCUT2D eigenvalue weighted by Crippen LogP contribution is 2.23. The third-order valence-corrected chi connectivity index (χ3v) is 3.41. The minimum Gasteiger partial charge on any atom is -0.508 e. The number of phenolic OH excluding ortho intramolecular Hbond substituents is 1. The van der Waals surface area contributed by atoms with Gasteiger partial charge in [0.25, 0.3) is 0 Å². The standard InChI is InChI=1S/C20H23NO3/c1-13-8-17(22)9-14(2)18(13)7-6-15-10-16(12-21-11-15)19(23)24-20(3,4)5/h6-12,22H,1-5H3/b7-6+. The van der Waals surface area contributed by atoms with Gasteiger partial charge in [0.2, 0.25) is 0 Å². The van der Waals surface area contributed by atoms with Crippen molar-refractivity contribution < 1.29 is 14.6 Å². The van der Waals surface area contributed by atoms with Crippen molar-refractivity contribution in [3.63, 3.8) is 0 Å². The predicted molar refractivity (Wildman–Crippen MR) is 95.9 cm³/mol. The molecule has 0 saturated carbocycles. The first-order valence-corrected chi connectivity index (χ1v) is 7.82. The van der Waals surface area contributed by atoms with E-state index in [0.29, 0.717) is 5.56 Å². The van der Waals surface area contributed by atoms with Crippen LogP contribution in [0.5, 0.6) is 5.75 Å². The summed E-state index contributed by atoms with van der Waals surface area (Å²) in [6, 6.07) is 5.20. The van der Waals surface area contributed by atoms with Crippen molar-refractivity contribution in [3.05, 3.63) is 58.4 Å². The summed E-state index contributed by atoms with van der Waals surface area (Å²) in [7, 11) is 0. The fourth-order valence-electron chi connectivity index (χ4n) is 2.39. The Morgan fingerprint density at radius 2 is 1.71 bits per heavy atom. The van der Waals surface area contributed by atoms with E-state index in [0.717, 1.165) is 22.3 Å². The zero-order chi connectivity index (χ0) is 17.9. The van der Waals surface area contributed by atoms with Gasteiger partial charge in [-0.05, 0) is 75.1 Å². The van der Waals surface area contributed by atoms with Crippen LogP contribution >= 0.6 is 0 Å². The van der Waals surface area contributed by atoms with Crippen LogP contribution in [0.15, 0.2) is 30.6 Å². The maximum absolute atomic E-state index is 12.1. The maximum atomic E-state index is 12.1. The minimum atomic E-state index is -0.538. The van der Waals surface area contributed by atoms with E-state index in [-0.39, 0.29) is 11.7 Å². The van der Waals surface area contributed by atoms with E-state index in [9.17, 15) is 9.90 Å². The monoisotopic (exact) mass is 325 g/mol. The van der Waals surface area contributed by atoms with E-state index >= 15 is 0 Å². The number of nitrogens with zero attached hydrogens (tertiary/aromatic N) is 1. The maximum Gasteiger partial charge on any atom is 0.340 e. The fourth-order valence-corrected chi connectivity index (χ4v) is 2.39. The van der Waals surface area contributed by atoms with Crippen LogP contribution in [-0.2, 0) is 4.74 Å². The second kappa shape index (κ2) is 6.87. The van der Waals surface area contributed by atoms with Crippen LogP contribution in [0.3, 0.4) is 0 Å². The number of aryl methyl sites for hydroxylation is 2. The predicted octanol–water partition coefficient (Wildman–Crippen LogP) is 4.53. The van der Waals surface area contributed by atoms with Crippen LogP contribution in [0.2, 0.25) is 0 Å². The van der Waals surface area contributed by atoms with Crippen molar-refractivity contribution >= 4 is 18.1 Å². The zero-order valence-corrected chi connectivity index (χ0v) is 14.8. The van der Waals surface area contributed by atoms with Gasteiger partial charge in [-0.1, -0.05) is 12.2 Å². The Hall–Kier alpha value is -2.62. The first-order chi connectivity index (χ1) is 11.2. The number of ether oxygens (including phenoxy) is 1. The number of phenols is 1. The lowest BCUT2D eigenvalue weighted by molar-refractivity contribution is 0.00690. The van der Waals surface area contributed by atoms with Gasteiger partial charge in [0.05, 0.1) is 5.56 Å². The molecule has 1 aromatic heterocycles. The van der Waals surface area contributed by atoms with Crippen molar-refractivity contribution in [2.24, 2.45) is 0 Å². The van der Waals surface area contributed by atoms with Gasteiger partial charge in [0.1, 0.15) is 11.4 Å². The first-order valence-electron chi connectivity index (χ1n) is 7.82. The van der Waals surface area contributed by atoms with Crippen molar-refractivity contribution in [1.29, 1.82) is 0 Å². The molecule has 0 atom stereocenters. The molecule has 4 nitrogen and oxygen atoms in total. The van der Waals surface area contributed by atoms with Gasteiger partial charge in [0, 0.05) is 12.4 Å². The van der Waals surface area contributed by atoms with Crippen LogP contribution in [0.25, 0.3) is 12.2 Å². The van der Waals surface area contributed by atoms with E-state index in [1.54, 1.807) is 24.4 Å². The molecule has 126 valence electrons. The largest absolute Gasteiger partial charge is 0.508 e. The van der Waals surface area contributed by atoms with Crippen LogP contribution in [0, 0.1) is 13.8 Å².